The lowest BCUT2D eigenvalue weighted by Crippen LogP contribution is -2.55. The lowest BCUT2D eigenvalue weighted by atomic mass is 9.80. The van der Waals surface area contributed by atoms with Crippen molar-refractivity contribution in [1.82, 2.24) is 30.9 Å². The van der Waals surface area contributed by atoms with Gasteiger partial charge in [0, 0.05) is 36.9 Å². The van der Waals surface area contributed by atoms with Crippen LogP contribution in [0.4, 0.5) is 16.3 Å². The van der Waals surface area contributed by atoms with E-state index in [0.717, 1.165) is 50.0 Å². The molecule has 1 aromatic carbocycles. The largest absolute Gasteiger partial charge is 0.481 e. The fraction of sp³-hybridized carbons (Fsp3) is 0.685. The number of hydroxylamine groups is 2. The summed E-state index contributed by atoms with van der Waals surface area (Å²) >= 11 is 1.14. The van der Waals surface area contributed by atoms with Crippen LogP contribution in [0.1, 0.15) is 157 Å². The standard InChI is InChI=1S/C54H88N10O11S/c1-12-14-17-27-74-64(51(70)44(34(7)13-2)48(68)62-43-20-15-16-26-63(43)11)40(32(3)4)29-41(75-35(8)65)50-61-42(31-76-50)60-46(66)37(30-54(9,10)52(71)72)28-36-21-23-38(24-22-36)58-47(67)39(19-18-25-57-53(56)73)59-49(69)45(55)33(5)6/h21-24,31-34,37,39-41,43-45H,12-20,25-30,55H2,1-11H3,(H,58,67)(H,59,69)(H,60,66)(H,62,68)(H,71,72)(H3,56,57,73)/t34-,37-,39-,40+,41+,43+,44-,45-/m0/s1. The van der Waals surface area contributed by atoms with Gasteiger partial charge >= 0.3 is 18.0 Å². The molecule has 8 atom stereocenters. The SMILES string of the molecule is CCCCCON(C(=O)[C@H](C(=O)N[C@H]1CCCCN1C)[C@@H](C)CC)[C@H](C[C@@H](OC(C)=O)c1nc(NC(=O)[C@@H](Cc2ccc(NC(=O)[C@H](CCCNC(N)=O)NC(=O)[C@@H](N)C(C)C)cc2)CC(C)(C)C(=O)O)cs1)C(C)C. The van der Waals surface area contributed by atoms with E-state index >= 15 is 0 Å². The summed E-state index contributed by atoms with van der Waals surface area (Å²) in [5.41, 5.74) is 10.9. The number of thiazole rings is 1. The van der Waals surface area contributed by atoms with Crippen LogP contribution in [0.5, 0.6) is 0 Å². The normalized spacial score (nSPS) is 16.8. The summed E-state index contributed by atoms with van der Waals surface area (Å²) in [7, 11) is 1.96. The summed E-state index contributed by atoms with van der Waals surface area (Å²) < 4.78 is 5.91. The maximum Gasteiger partial charge on any atom is 0.312 e. The van der Waals surface area contributed by atoms with Gasteiger partial charge in [-0.2, -0.15) is 0 Å². The molecule has 21 nitrogen and oxygen atoms in total. The van der Waals surface area contributed by atoms with Crippen molar-refractivity contribution < 1.29 is 53.0 Å². The number of nitrogens with one attached hydrogen (secondary N) is 5. The average molecular weight is 1090 g/mol. The summed E-state index contributed by atoms with van der Waals surface area (Å²) in [6.45, 7) is 18.9. The van der Waals surface area contributed by atoms with Crippen molar-refractivity contribution in [1.29, 1.82) is 0 Å². The second kappa shape index (κ2) is 31.5. The van der Waals surface area contributed by atoms with Crippen LogP contribution in [0.25, 0.3) is 0 Å². The minimum absolute atomic E-state index is 0.0553. The highest BCUT2D eigenvalue weighted by atomic mass is 32.1. The molecule has 0 saturated carbocycles. The summed E-state index contributed by atoms with van der Waals surface area (Å²) in [5.74, 6) is -6.63. The number of nitrogens with two attached hydrogens (primary N) is 2. The van der Waals surface area contributed by atoms with Gasteiger partial charge in [-0.1, -0.05) is 79.9 Å². The molecule has 22 heteroatoms. The zero-order valence-electron chi connectivity index (χ0n) is 46.7. The smallest absolute Gasteiger partial charge is 0.312 e. The highest BCUT2D eigenvalue weighted by molar-refractivity contribution is 7.10. The fourth-order valence-corrected chi connectivity index (χ4v) is 9.66. The van der Waals surface area contributed by atoms with Gasteiger partial charge in [0.15, 0.2) is 6.10 Å². The molecule has 1 saturated heterocycles. The predicted molar refractivity (Wildman–Crippen MR) is 292 cm³/mol. The Bertz CT molecular complexity index is 2220. The number of aliphatic carboxylic acids is 1. The van der Waals surface area contributed by atoms with Crippen LogP contribution >= 0.6 is 11.3 Å². The van der Waals surface area contributed by atoms with Gasteiger partial charge < -0.3 is 47.9 Å². The van der Waals surface area contributed by atoms with Crippen LogP contribution in [0.2, 0.25) is 0 Å². The number of carboxylic acid groups (broad SMARTS) is 1. The molecule has 3 rings (SSSR count). The molecule has 0 spiro atoms. The number of ether oxygens (including phenoxy) is 1. The molecule has 0 aliphatic carbocycles. The molecule has 76 heavy (non-hydrogen) atoms. The topological polar surface area (TPSA) is 307 Å². The Morgan fingerprint density at radius 1 is 0.921 bits per heavy atom. The van der Waals surface area contributed by atoms with E-state index < -0.39 is 83.1 Å². The van der Waals surface area contributed by atoms with E-state index in [-0.39, 0.29) is 74.5 Å². The van der Waals surface area contributed by atoms with Gasteiger partial charge in [-0.15, -0.1) is 11.3 Å². The van der Waals surface area contributed by atoms with E-state index in [2.05, 4.69) is 38.4 Å². The van der Waals surface area contributed by atoms with E-state index in [1.54, 1.807) is 43.5 Å². The maximum absolute atomic E-state index is 14.9. The third-order valence-corrected chi connectivity index (χ3v) is 14.9. The lowest BCUT2D eigenvalue weighted by Gasteiger charge is -2.38. The number of carbonyl (C=O) groups is 8. The quantitative estimate of drug-likeness (QED) is 0.0168. The molecule has 2 aromatic rings. The Morgan fingerprint density at radius 2 is 1.61 bits per heavy atom. The first kappa shape index (κ1) is 64.6. The average Bonchev–Trinajstić information content (AvgIpc) is 3.82. The number of hydrogen-bond donors (Lipinski definition) is 8. The monoisotopic (exact) mass is 1080 g/mol. The third-order valence-electron chi connectivity index (χ3n) is 14.0. The summed E-state index contributed by atoms with van der Waals surface area (Å²) in [6, 6.07) is 3.42. The van der Waals surface area contributed by atoms with Gasteiger partial charge in [0.1, 0.15) is 22.8 Å². The van der Waals surface area contributed by atoms with Crippen molar-refractivity contribution in [3.05, 3.63) is 40.2 Å². The minimum Gasteiger partial charge on any atom is -0.481 e. The van der Waals surface area contributed by atoms with Crippen molar-refractivity contribution in [2.75, 3.05) is 37.4 Å². The number of urea groups is 1. The molecular weight excluding hydrogens is 997 g/mol. The Morgan fingerprint density at radius 3 is 2.18 bits per heavy atom. The molecule has 0 bridgehead atoms. The van der Waals surface area contributed by atoms with Crippen LogP contribution in [0.15, 0.2) is 29.6 Å². The molecule has 1 aliphatic rings. The predicted octanol–water partition coefficient (Wildman–Crippen LogP) is 6.49. The van der Waals surface area contributed by atoms with Gasteiger partial charge in [-0.3, -0.25) is 43.3 Å². The number of unbranched alkanes of at least 4 members (excludes halogenated alkanes) is 2. The third kappa shape index (κ3) is 20.7. The number of nitrogens with zero attached hydrogens (tertiary/aromatic N) is 3. The van der Waals surface area contributed by atoms with Crippen LogP contribution in [-0.4, -0.2) is 119 Å². The molecule has 0 unspecified atom stereocenters. The van der Waals surface area contributed by atoms with Gasteiger partial charge in [0.2, 0.25) is 23.6 Å². The number of rotatable bonds is 32. The molecular formula is C54H88N10O11S. The first-order valence-corrected chi connectivity index (χ1v) is 27.8. The molecule has 10 N–H and O–H groups in total. The number of carbonyl (C=O) groups excluding carboxylic acids is 7. The first-order valence-electron chi connectivity index (χ1n) is 26.9. The number of piperidine rings is 1. The van der Waals surface area contributed by atoms with E-state index in [1.165, 1.54) is 25.8 Å². The number of esters is 1. The molecule has 1 aromatic heterocycles. The van der Waals surface area contributed by atoms with Crippen LogP contribution in [-0.2, 0) is 49.6 Å². The zero-order valence-corrected chi connectivity index (χ0v) is 47.5. The van der Waals surface area contributed by atoms with Crippen molar-refractivity contribution in [2.24, 2.45) is 46.5 Å². The van der Waals surface area contributed by atoms with Gasteiger partial charge in [0.05, 0.1) is 30.3 Å². The van der Waals surface area contributed by atoms with Gasteiger partial charge in [0.25, 0.3) is 5.91 Å². The Kier molecular flexibility index (Phi) is 26.8. The lowest BCUT2D eigenvalue weighted by molar-refractivity contribution is -0.215. The summed E-state index contributed by atoms with van der Waals surface area (Å²) in [6.07, 6.45) is 5.20. The number of likely N-dealkylation sites (tertiary alicyclic amines) is 1. The summed E-state index contributed by atoms with van der Waals surface area (Å²) in [5, 5.41) is 27.4. The zero-order chi connectivity index (χ0) is 56.9. The van der Waals surface area contributed by atoms with E-state index in [0.29, 0.717) is 35.5 Å². The highest BCUT2D eigenvalue weighted by Crippen LogP contribution is 2.35. The second-order valence-corrected chi connectivity index (χ2v) is 22.4. The number of anilines is 2. The van der Waals surface area contributed by atoms with Crippen LogP contribution in [0, 0.1) is 35.0 Å². The van der Waals surface area contributed by atoms with Crippen LogP contribution in [0.3, 0.4) is 0 Å². The van der Waals surface area contributed by atoms with Crippen LogP contribution < -0.4 is 38.1 Å². The number of carboxylic acids is 1. The van der Waals surface area contributed by atoms with E-state index in [1.807, 2.05) is 34.7 Å². The maximum atomic E-state index is 14.9. The Labute approximate surface area is 453 Å². The second-order valence-electron chi connectivity index (χ2n) is 21.5. The first-order chi connectivity index (χ1) is 35.8. The molecule has 1 fully saturated rings. The number of primary amides is 1. The van der Waals surface area contributed by atoms with Crippen molar-refractivity contribution in [2.45, 2.75) is 177 Å². The molecule has 0 radical (unpaired) electrons. The molecule has 2 heterocycles. The number of amides is 7. The van der Waals surface area contributed by atoms with Crippen molar-refractivity contribution in [3.8, 4) is 0 Å². The van der Waals surface area contributed by atoms with E-state index in [4.69, 9.17) is 26.0 Å². The van der Waals surface area contributed by atoms with Crippen molar-refractivity contribution in [3.63, 3.8) is 0 Å². The molecule has 1 aliphatic heterocycles. The number of aromatic nitrogens is 1. The Hall–Kier alpha value is -5.71. The number of hydrogen-bond acceptors (Lipinski definition) is 14. The molecule has 7 amide bonds. The minimum atomic E-state index is -1.32. The highest BCUT2D eigenvalue weighted by Gasteiger charge is 2.42. The fourth-order valence-electron chi connectivity index (χ4n) is 8.87. The molecule has 426 valence electrons. The van der Waals surface area contributed by atoms with E-state index in [9.17, 15) is 43.5 Å². The summed E-state index contributed by atoms with van der Waals surface area (Å²) in [4.78, 5) is 119. The van der Waals surface area contributed by atoms with Gasteiger partial charge in [-0.25, -0.2) is 14.8 Å². The number of benzene rings is 1. The van der Waals surface area contributed by atoms with Gasteiger partial charge in [-0.05, 0) is 114 Å². The van der Waals surface area contributed by atoms with Crippen molar-refractivity contribution >= 4 is 70.3 Å². The Balaban J connectivity index is 1.91.